The fourth-order valence-corrected chi connectivity index (χ4v) is 2.76. The van der Waals surface area contributed by atoms with E-state index in [0.717, 1.165) is 6.54 Å². The number of carbonyl (C=O) groups excluding carboxylic acids is 1. The molecule has 0 radical (unpaired) electrons. The van der Waals surface area contributed by atoms with Crippen LogP contribution < -0.4 is 10.1 Å². The number of likely N-dealkylation sites (N-methyl/N-ethyl adjacent to an activating group) is 1. The summed E-state index contributed by atoms with van der Waals surface area (Å²) in [7, 11) is 3.56. The van der Waals surface area contributed by atoms with Gasteiger partial charge >= 0.3 is 0 Å². The van der Waals surface area contributed by atoms with Gasteiger partial charge in [0.05, 0.1) is 7.11 Å². The summed E-state index contributed by atoms with van der Waals surface area (Å²) in [6, 6.07) is 17.0. The van der Waals surface area contributed by atoms with E-state index in [4.69, 9.17) is 4.74 Å². The van der Waals surface area contributed by atoms with E-state index in [1.54, 1.807) is 31.4 Å². The minimum absolute atomic E-state index is 0.0820. The van der Waals surface area contributed by atoms with Crippen molar-refractivity contribution in [2.75, 3.05) is 20.7 Å². The lowest BCUT2D eigenvalue weighted by Crippen LogP contribution is -2.42. The second-order valence-electron chi connectivity index (χ2n) is 6.27. The highest BCUT2D eigenvalue weighted by Crippen LogP contribution is 2.19. The molecule has 0 fully saturated rings. The number of hydrogen-bond acceptors (Lipinski definition) is 4. The molecule has 0 aliphatic heterocycles. The van der Waals surface area contributed by atoms with Crippen LogP contribution in [0.15, 0.2) is 54.6 Å². The number of nitrogens with zero attached hydrogens (tertiary/aromatic N) is 1. The van der Waals surface area contributed by atoms with Crippen LogP contribution in [0.25, 0.3) is 0 Å². The minimum atomic E-state index is -1.21. The molecule has 25 heavy (non-hydrogen) atoms. The molecule has 2 atom stereocenters. The zero-order valence-corrected chi connectivity index (χ0v) is 15.0. The van der Waals surface area contributed by atoms with Crippen LogP contribution in [-0.2, 0) is 11.3 Å². The normalized spacial score (nSPS) is 13.3. The highest BCUT2D eigenvalue weighted by molar-refractivity contribution is 5.82. The van der Waals surface area contributed by atoms with Gasteiger partial charge in [-0.1, -0.05) is 42.5 Å². The first-order chi connectivity index (χ1) is 12.0. The average Bonchev–Trinajstić information content (AvgIpc) is 2.61. The van der Waals surface area contributed by atoms with Crippen LogP contribution in [-0.4, -0.2) is 42.7 Å². The molecular weight excluding hydrogens is 316 g/mol. The lowest BCUT2D eigenvalue weighted by Gasteiger charge is -2.23. The van der Waals surface area contributed by atoms with Gasteiger partial charge in [0.1, 0.15) is 5.75 Å². The van der Waals surface area contributed by atoms with E-state index in [9.17, 15) is 9.90 Å². The van der Waals surface area contributed by atoms with Crippen molar-refractivity contribution in [1.82, 2.24) is 10.2 Å². The molecule has 0 saturated heterocycles. The molecule has 2 aromatic rings. The second-order valence-corrected chi connectivity index (χ2v) is 6.27. The van der Waals surface area contributed by atoms with Crippen LogP contribution in [0.2, 0.25) is 0 Å². The van der Waals surface area contributed by atoms with E-state index >= 15 is 0 Å². The van der Waals surface area contributed by atoms with Crippen LogP contribution in [0.3, 0.4) is 0 Å². The number of rotatable bonds is 8. The number of ether oxygens (including phenoxy) is 1. The van der Waals surface area contributed by atoms with Crippen LogP contribution in [0.5, 0.6) is 5.75 Å². The first kappa shape index (κ1) is 19.0. The Kier molecular flexibility index (Phi) is 6.98. The number of aliphatic hydroxyl groups is 1. The number of benzene rings is 2. The van der Waals surface area contributed by atoms with Gasteiger partial charge in [0, 0.05) is 19.1 Å². The summed E-state index contributed by atoms with van der Waals surface area (Å²) in [4.78, 5) is 14.4. The van der Waals surface area contributed by atoms with Crippen molar-refractivity contribution >= 4 is 5.91 Å². The first-order valence-electron chi connectivity index (χ1n) is 8.34. The molecule has 1 amide bonds. The molecule has 0 saturated carbocycles. The monoisotopic (exact) mass is 342 g/mol. The highest BCUT2D eigenvalue weighted by Gasteiger charge is 2.20. The molecule has 2 unspecified atom stereocenters. The Balaban J connectivity index is 1.86. The zero-order valence-electron chi connectivity index (χ0n) is 15.0. The Morgan fingerprint density at radius 3 is 2.60 bits per heavy atom. The van der Waals surface area contributed by atoms with Crippen molar-refractivity contribution < 1.29 is 14.6 Å². The largest absolute Gasteiger partial charge is 0.497 e. The first-order valence-corrected chi connectivity index (χ1v) is 8.34. The third-order valence-electron chi connectivity index (χ3n) is 3.93. The molecule has 5 nitrogen and oxygen atoms in total. The van der Waals surface area contributed by atoms with Crippen LogP contribution in [0.4, 0.5) is 0 Å². The number of amides is 1. The van der Waals surface area contributed by atoms with Gasteiger partial charge in [-0.3, -0.25) is 4.79 Å². The molecule has 0 heterocycles. The second kappa shape index (κ2) is 9.20. The molecule has 0 aliphatic carbocycles. The summed E-state index contributed by atoms with van der Waals surface area (Å²) in [5.41, 5.74) is 1.74. The average molecular weight is 342 g/mol. The maximum atomic E-state index is 12.3. The van der Waals surface area contributed by atoms with E-state index in [-0.39, 0.29) is 6.04 Å². The number of methoxy groups -OCH3 is 1. The number of carbonyl (C=O) groups is 1. The van der Waals surface area contributed by atoms with Crippen LogP contribution in [0.1, 0.15) is 24.2 Å². The molecule has 0 aromatic heterocycles. The van der Waals surface area contributed by atoms with Gasteiger partial charge in [-0.05, 0) is 37.2 Å². The van der Waals surface area contributed by atoms with E-state index in [1.165, 1.54) is 5.56 Å². The molecule has 2 rings (SSSR count). The fourth-order valence-electron chi connectivity index (χ4n) is 2.76. The topological polar surface area (TPSA) is 61.8 Å². The van der Waals surface area contributed by atoms with Gasteiger partial charge in [0.15, 0.2) is 6.10 Å². The van der Waals surface area contributed by atoms with Crippen LogP contribution >= 0.6 is 0 Å². The lowest BCUT2D eigenvalue weighted by molar-refractivity contribution is -0.130. The van der Waals surface area contributed by atoms with E-state index in [2.05, 4.69) is 22.3 Å². The molecule has 0 spiro atoms. The van der Waals surface area contributed by atoms with Gasteiger partial charge in [0.25, 0.3) is 5.91 Å². The van der Waals surface area contributed by atoms with Crippen molar-refractivity contribution in [3.05, 3.63) is 65.7 Å². The number of aliphatic hydroxyl groups excluding tert-OH is 1. The Morgan fingerprint density at radius 2 is 1.92 bits per heavy atom. The quantitative estimate of drug-likeness (QED) is 0.773. The lowest BCUT2D eigenvalue weighted by atomic mass is 10.1. The smallest absolute Gasteiger partial charge is 0.253 e. The maximum Gasteiger partial charge on any atom is 0.253 e. The predicted molar refractivity (Wildman–Crippen MR) is 98.3 cm³/mol. The summed E-state index contributed by atoms with van der Waals surface area (Å²) < 4.78 is 5.13. The number of nitrogens with one attached hydrogen (secondary N) is 1. The minimum Gasteiger partial charge on any atom is -0.497 e. The van der Waals surface area contributed by atoms with Crippen LogP contribution in [0, 0.1) is 0 Å². The van der Waals surface area contributed by atoms with E-state index in [1.807, 2.05) is 32.2 Å². The summed E-state index contributed by atoms with van der Waals surface area (Å²) in [5, 5.41) is 13.1. The van der Waals surface area contributed by atoms with Crippen molar-refractivity contribution in [2.24, 2.45) is 0 Å². The molecular formula is C20H26N2O3. The van der Waals surface area contributed by atoms with Gasteiger partial charge in [-0.25, -0.2) is 0 Å². The van der Waals surface area contributed by atoms with E-state index in [0.29, 0.717) is 17.9 Å². The Bertz CT molecular complexity index is 676. The molecule has 0 bridgehead atoms. The third-order valence-corrected chi connectivity index (χ3v) is 3.93. The van der Waals surface area contributed by atoms with Crippen molar-refractivity contribution in [1.29, 1.82) is 0 Å². The Hall–Kier alpha value is -2.37. The van der Waals surface area contributed by atoms with E-state index < -0.39 is 12.0 Å². The molecule has 2 aromatic carbocycles. The van der Waals surface area contributed by atoms with Crippen molar-refractivity contribution in [3.63, 3.8) is 0 Å². The summed E-state index contributed by atoms with van der Waals surface area (Å²) in [6.45, 7) is 3.42. The SMILES string of the molecule is COc1cccc(C(O)C(=O)NC(C)CN(C)Cc2ccccc2)c1. The number of hydrogen-bond donors (Lipinski definition) is 2. The van der Waals surface area contributed by atoms with Gasteiger partial charge in [-0.15, -0.1) is 0 Å². The third kappa shape index (κ3) is 5.89. The highest BCUT2D eigenvalue weighted by atomic mass is 16.5. The summed E-state index contributed by atoms with van der Waals surface area (Å²) in [6.07, 6.45) is -1.21. The molecule has 5 heteroatoms. The standard InChI is InChI=1S/C20H26N2O3/c1-15(13-22(2)14-16-8-5-4-6-9-16)21-20(24)19(23)17-10-7-11-18(12-17)25-3/h4-12,15,19,23H,13-14H2,1-3H3,(H,21,24). The Morgan fingerprint density at radius 1 is 1.20 bits per heavy atom. The van der Waals surface area contributed by atoms with Crippen molar-refractivity contribution in [2.45, 2.75) is 25.6 Å². The summed E-state index contributed by atoms with van der Waals surface area (Å²) >= 11 is 0. The Labute approximate surface area is 149 Å². The molecule has 0 aliphatic rings. The molecule has 134 valence electrons. The predicted octanol–water partition coefficient (Wildman–Crippen LogP) is 2.37. The zero-order chi connectivity index (χ0) is 18.2. The molecule has 2 N–H and O–H groups in total. The van der Waals surface area contributed by atoms with Gasteiger partial charge in [0.2, 0.25) is 0 Å². The fraction of sp³-hybridized carbons (Fsp3) is 0.350. The van der Waals surface area contributed by atoms with Gasteiger partial charge in [-0.2, -0.15) is 0 Å². The van der Waals surface area contributed by atoms with Crippen molar-refractivity contribution in [3.8, 4) is 5.75 Å². The maximum absolute atomic E-state index is 12.3. The summed E-state index contributed by atoms with van der Waals surface area (Å²) in [5.74, 6) is 0.203. The van der Waals surface area contributed by atoms with Gasteiger partial charge < -0.3 is 20.1 Å².